The highest BCUT2D eigenvalue weighted by Crippen LogP contribution is 2.29. The van der Waals surface area contributed by atoms with Crippen LogP contribution in [0.1, 0.15) is 5.56 Å². The summed E-state index contributed by atoms with van der Waals surface area (Å²) in [7, 11) is 0. The van der Waals surface area contributed by atoms with Crippen LogP contribution in [0.5, 0.6) is 0 Å². The molecule has 3 aromatic rings. The van der Waals surface area contributed by atoms with Gasteiger partial charge in [0, 0.05) is 11.1 Å². The quantitative estimate of drug-likeness (QED) is 0.565. The van der Waals surface area contributed by atoms with Gasteiger partial charge in [-0.05, 0) is 47.9 Å². The summed E-state index contributed by atoms with van der Waals surface area (Å²) in [5.41, 5.74) is 2.58. The molecule has 0 fully saturated rings. The van der Waals surface area contributed by atoms with Crippen LogP contribution >= 0.6 is 0 Å². The van der Waals surface area contributed by atoms with E-state index < -0.39 is 5.82 Å². The number of rotatable bonds is 2. The van der Waals surface area contributed by atoms with E-state index in [2.05, 4.69) is 0 Å². The Balaban J connectivity index is 2.03. The smallest absolute Gasteiger partial charge is 0.131 e. The van der Waals surface area contributed by atoms with Gasteiger partial charge in [-0.2, -0.15) is 0 Å². The average molecular weight is 298 g/mol. The first kappa shape index (κ1) is 14.4. The predicted octanol–water partition coefficient (Wildman–Crippen LogP) is 5.75. The van der Waals surface area contributed by atoms with E-state index in [1.54, 1.807) is 31.2 Å². The zero-order valence-corrected chi connectivity index (χ0v) is 11.9. The SMILES string of the molecule is Cc1ccc(-c2ccc(-c3ccc(F)cc3)c(F)c2)c(F)c1. The van der Waals surface area contributed by atoms with Crippen LogP contribution in [-0.2, 0) is 0 Å². The van der Waals surface area contributed by atoms with Crippen molar-refractivity contribution < 1.29 is 13.2 Å². The summed E-state index contributed by atoms with van der Waals surface area (Å²) in [5.74, 6) is -1.22. The van der Waals surface area contributed by atoms with Crippen molar-refractivity contribution in [2.45, 2.75) is 6.92 Å². The Labute approximate surface area is 126 Å². The minimum absolute atomic E-state index is 0.357. The summed E-state index contributed by atoms with van der Waals surface area (Å²) in [6.07, 6.45) is 0. The first-order valence-corrected chi connectivity index (χ1v) is 6.86. The third kappa shape index (κ3) is 2.75. The average Bonchev–Trinajstić information content (AvgIpc) is 2.48. The van der Waals surface area contributed by atoms with Gasteiger partial charge in [0.15, 0.2) is 0 Å². The van der Waals surface area contributed by atoms with Gasteiger partial charge < -0.3 is 0 Å². The first-order chi connectivity index (χ1) is 10.5. The molecule has 0 unspecified atom stereocenters. The van der Waals surface area contributed by atoms with E-state index >= 15 is 0 Å². The number of aryl methyl sites for hydroxylation is 1. The second kappa shape index (κ2) is 5.68. The topological polar surface area (TPSA) is 0 Å². The van der Waals surface area contributed by atoms with E-state index in [1.165, 1.54) is 36.4 Å². The van der Waals surface area contributed by atoms with Gasteiger partial charge in [-0.1, -0.05) is 36.4 Å². The minimum Gasteiger partial charge on any atom is -0.207 e. The lowest BCUT2D eigenvalue weighted by Crippen LogP contribution is -1.90. The molecular weight excluding hydrogens is 285 g/mol. The number of halogens is 3. The fourth-order valence-corrected chi connectivity index (χ4v) is 2.40. The molecule has 0 radical (unpaired) electrons. The van der Waals surface area contributed by atoms with Crippen molar-refractivity contribution in [3.05, 3.63) is 83.7 Å². The van der Waals surface area contributed by atoms with Gasteiger partial charge >= 0.3 is 0 Å². The Morgan fingerprint density at radius 2 is 1.14 bits per heavy atom. The molecule has 0 heterocycles. The second-order valence-electron chi connectivity index (χ2n) is 5.18. The molecular formula is C19H13F3. The van der Waals surface area contributed by atoms with Crippen molar-refractivity contribution in [3.8, 4) is 22.3 Å². The standard InChI is InChI=1S/C19H13F3/c1-12-2-8-17(18(21)10-12)14-5-9-16(19(22)11-14)13-3-6-15(20)7-4-13/h2-11H,1H3. The monoisotopic (exact) mass is 298 g/mol. The fourth-order valence-electron chi connectivity index (χ4n) is 2.40. The lowest BCUT2D eigenvalue weighted by Gasteiger charge is -2.08. The molecule has 0 amide bonds. The third-order valence-electron chi connectivity index (χ3n) is 3.56. The van der Waals surface area contributed by atoms with E-state index in [9.17, 15) is 13.2 Å². The molecule has 0 spiro atoms. The summed E-state index contributed by atoms with van der Waals surface area (Å²) < 4.78 is 41.2. The normalized spacial score (nSPS) is 10.7. The van der Waals surface area contributed by atoms with Crippen LogP contribution in [0.3, 0.4) is 0 Å². The molecule has 0 saturated heterocycles. The highest BCUT2D eigenvalue weighted by molar-refractivity contribution is 5.71. The van der Waals surface area contributed by atoms with Crippen LogP contribution in [0.25, 0.3) is 22.3 Å². The van der Waals surface area contributed by atoms with Crippen molar-refractivity contribution >= 4 is 0 Å². The first-order valence-electron chi connectivity index (χ1n) is 6.86. The molecule has 0 atom stereocenters. The van der Waals surface area contributed by atoms with Crippen molar-refractivity contribution in [2.24, 2.45) is 0 Å². The minimum atomic E-state index is -0.468. The van der Waals surface area contributed by atoms with E-state index in [1.807, 2.05) is 0 Å². The van der Waals surface area contributed by atoms with Crippen LogP contribution in [0, 0.1) is 24.4 Å². The van der Waals surface area contributed by atoms with Gasteiger partial charge in [-0.15, -0.1) is 0 Å². The lowest BCUT2D eigenvalue weighted by atomic mass is 9.98. The zero-order chi connectivity index (χ0) is 15.7. The fraction of sp³-hybridized carbons (Fsp3) is 0.0526. The van der Waals surface area contributed by atoms with Crippen LogP contribution in [0.4, 0.5) is 13.2 Å². The predicted molar refractivity (Wildman–Crippen MR) is 81.9 cm³/mol. The van der Waals surface area contributed by atoms with E-state index in [-0.39, 0.29) is 11.6 Å². The van der Waals surface area contributed by atoms with Crippen molar-refractivity contribution in [2.75, 3.05) is 0 Å². The van der Waals surface area contributed by atoms with Crippen LogP contribution < -0.4 is 0 Å². The van der Waals surface area contributed by atoms with Gasteiger partial charge in [0.1, 0.15) is 17.5 Å². The molecule has 0 N–H and O–H groups in total. The van der Waals surface area contributed by atoms with E-state index in [0.717, 1.165) is 5.56 Å². The largest absolute Gasteiger partial charge is 0.207 e. The molecule has 0 bridgehead atoms. The number of hydrogen-bond donors (Lipinski definition) is 0. The summed E-state index contributed by atoms with van der Waals surface area (Å²) in [5, 5.41) is 0. The molecule has 3 rings (SSSR count). The molecule has 0 aliphatic heterocycles. The van der Waals surface area contributed by atoms with Crippen LogP contribution in [-0.4, -0.2) is 0 Å². The second-order valence-corrected chi connectivity index (χ2v) is 5.18. The molecule has 22 heavy (non-hydrogen) atoms. The molecule has 0 saturated carbocycles. The van der Waals surface area contributed by atoms with E-state index in [4.69, 9.17) is 0 Å². The van der Waals surface area contributed by atoms with Crippen molar-refractivity contribution in [3.63, 3.8) is 0 Å². The third-order valence-corrected chi connectivity index (χ3v) is 3.56. The van der Waals surface area contributed by atoms with E-state index in [0.29, 0.717) is 22.3 Å². The highest BCUT2D eigenvalue weighted by Gasteiger charge is 2.10. The Kier molecular flexibility index (Phi) is 3.72. The lowest BCUT2D eigenvalue weighted by molar-refractivity contribution is 0.624. The summed E-state index contributed by atoms with van der Waals surface area (Å²) in [6.45, 7) is 1.80. The summed E-state index contributed by atoms with van der Waals surface area (Å²) in [6, 6.07) is 15.0. The maximum atomic E-state index is 14.3. The molecule has 3 aromatic carbocycles. The Morgan fingerprint density at radius 1 is 0.591 bits per heavy atom. The molecule has 0 nitrogen and oxygen atoms in total. The van der Waals surface area contributed by atoms with Crippen molar-refractivity contribution in [1.82, 2.24) is 0 Å². The summed E-state index contributed by atoms with van der Waals surface area (Å²) >= 11 is 0. The maximum Gasteiger partial charge on any atom is 0.131 e. The van der Waals surface area contributed by atoms with Gasteiger partial charge in [-0.25, -0.2) is 13.2 Å². The highest BCUT2D eigenvalue weighted by atomic mass is 19.1. The Bertz CT molecular complexity index is 821. The van der Waals surface area contributed by atoms with Gasteiger partial charge in [0.2, 0.25) is 0 Å². The van der Waals surface area contributed by atoms with Gasteiger partial charge in [0.25, 0.3) is 0 Å². The molecule has 0 aliphatic rings. The number of hydrogen-bond acceptors (Lipinski definition) is 0. The molecule has 3 heteroatoms. The molecule has 0 aliphatic carbocycles. The molecule has 0 aromatic heterocycles. The molecule has 110 valence electrons. The van der Waals surface area contributed by atoms with Crippen molar-refractivity contribution in [1.29, 1.82) is 0 Å². The van der Waals surface area contributed by atoms with Gasteiger partial charge in [-0.3, -0.25) is 0 Å². The summed E-state index contributed by atoms with van der Waals surface area (Å²) in [4.78, 5) is 0. The van der Waals surface area contributed by atoms with Gasteiger partial charge in [0.05, 0.1) is 0 Å². The van der Waals surface area contributed by atoms with Crippen LogP contribution in [0.2, 0.25) is 0 Å². The zero-order valence-electron chi connectivity index (χ0n) is 11.9. The number of benzene rings is 3. The Hall–Kier alpha value is -2.55. The van der Waals surface area contributed by atoms with Crippen LogP contribution in [0.15, 0.2) is 60.7 Å². The Morgan fingerprint density at radius 3 is 1.77 bits per heavy atom. The maximum absolute atomic E-state index is 14.3.